The summed E-state index contributed by atoms with van der Waals surface area (Å²) in [6, 6.07) is 15.6. The van der Waals surface area contributed by atoms with Crippen LogP contribution in [0.5, 0.6) is 11.5 Å². The molecule has 0 atom stereocenters. The van der Waals surface area contributed by atoms with Gasteiger partial charge in [0.1, 0.15) is 0 Å². The summed E-state index contributed by atoms with van der Waals surface area (Å²) < 4.78 is 13.3. The van der Waals surface area contributed by atoms with Gasteiger partial charge in [-0.05, 0) is 61.9 Å². The zero-order chi connectivity index (χ0) is 25.0. The lowest BCUT2D eigenvalue weighted by Gasteiger charge is -2.30. The van der Waals surface area contributed by atoms with E-state index in [0.29, 0.717) is 29.6 Å². The number of carboxylic acid groups (broad SMARTS) is 1. The maximum Gasteiger partial charge on any atom is 0.336 e. The second-order valence-electron chi connectivity index (χ2n) is 9.31. The zero-order valence-electron chi connectivity index (χ0n) is 20.5. The number of hydrogen-bond donors (Lipinski definition) is 1. The number of nitrogens with zero attached hydrogens (tertiary/aromatic N) is 3. The minimum atomic E-state index is -0.914. The number of aryl methyl sites for hydroxylation is 1. The molecule has 7 nitrogen and oxygen atoms in total. The van der Waals surface area contributed by atoms with Crippen LogP contribution in [0.3, 0.4) is 0 Å². The number of likely N-dealkylation sites (N-methyl/N-ethyl adjacent to an activating group) is 1. The van der Waals surface area contributed by atoms with Gasteiger partial charge in [0.05, 0.1) is 16.8 Å². The number of fused-ring (bicyclic) bond motifs is 3. The largest absolute Gasteiger partial charge is 0.478 e. The number of carbonyl (C=O) groups is 1. The number of carboxylic acids is 1. The van der Waals surface area contributed by atoms with Crippen LogP contribution >= 0.6 is 0 Å². The maximum atomic E-state index is 12.4. The number of aromatic nitrogens is 2. The number of rotatable bonds is 4. The van der Waals surface area contributed by atoms with Gasteiger partial charge in [-0.3, -0.25) is 4.90 Å². The molecule has 0 unspecified atom stereocenters. The number of aromatic carboxylic acids is 1. The summed E-state index contributed by atoms with van der Waals surface area (Å²) in [5, 5.41) is 10.8. The highest BCUT2D eigenvalue weighted by Crippen LogP contribution is 2.37. The summed E-state index contributed by atoms with van der Waals surface area (Å²) in [4.78, 5) is 19.6. The zero-order valence-corrected chi connectivity index (χ0v) is 20.5. The first-order valence-corrected chi connectivity index (χ1v) is 12.1. The molecule has 0 bridgehead atoms. The van der Waals surface area contributed by atoms with Crippen LogP contribution in [0.2, 0.25) is 0 Å². The molecule has 0 radical (unpaired) electrons. The fourth-order valence-electron chi connectivity index (χ4n) is 5.39. The van der Waals surface area contributed by atoms with Crippen molar-refractivity contribution in [2.75, 3.05) is 19.9 Å². The lowest BCUT2D eigenvalue weighted by molar-refractivity contribution is 0.0696. The van der Waals surface area contributed by atoms with Crippen LogP contribution in [0.1, 0.15) is 45.5 Å². The Bertz CT molecular complexity index is 1570. The molecule has 0 amide bonds. The first-order valence-electron chi connectivity index (χ1n) is 12.1. The van der Waals surface area contributed by atoms with E-state index in [4.69, 9.17) is 14.5 Å². The molecule has 0 aliphatic carbocycles. The van der Waals surface area contributed by atoms with Crippen molar-refractivity contribution in [2.24, 2.45) is 0 Å². The average Bonchev–Trinajstić information content (AvgIpc) is 3.45. The standard InChI is InChI=1S/C29H27N3O4/c1-4-31-14-20(28-23(15-31)27(29(33)34)22-7-5-6-8-24(22)30-28)12-19-11-17(2)32(18(19)3)21-9-10-25-26(13-21)36-16-35-25/h5-13H,4,14-16H2,1-3H3,(H,33,34)/b20-12-. The predicted octanol–water partition coefficient (Wildman–Crippen LogP) is 5.45. The Kier molecular flexibility index (Phi) is 5.30. The Morgan fingerprint density at radius 2 is 1.89 bits per heavy atom. The fourth-order valence-corrected chi connectivity index (χ4v) is 5.39. The van der Waals surface area contributed by atoms with E-state index >= 15 is 0 Å². The van der Waals surface area contributed by atoms with Gasteiger partial charge < -0.3 is 19.1 Å². The summed E-state index contributed by atoms with van der Waals surface area (Å²) in [6.45, 7) is 8.62. The van der Waals surface area contributed by atoms with Gasteiger partial charge in [0.15, 0.2) is 11.5 Å². The second kappa shape index (κ2) is 8.53. The van der Waals surface area contributed by atoms with E-state index in [1.165, 1.54) is 0 Å². The minimum Gasteiger partial charge on any atom is -0.478 e. The molecule has 0 saturated heterocycles. The monoisotopic (exact) mass is 481 g/mol. The van der Waals surface area contributed by atoms with Gasteiger partial charge in [0, 0.05) is 47.2 Å². The molecule has 7 heteroatoms. The molecule has 2 aliphatic rings. The SMILES string of the molecule is CCN1C/C(=C/c2cc(C)n(-c3ccc4c(c3)OCO4)c2C)c2nc3ccccc3c(C(=O)O)c2C1. The van der Waals surface area contributed by atoms with Gasteiger partial charge in [-0.25, -0.2) is 9.78 Å². The van der Waals surface area contributed by atoms with Crippen molar-refractivity contribution in [2.45, 2.75) is 27.3 Å². The molecule has 0 saturated carbocycles. The molecule has 6 rings (SSSR count). The van der Waals surface area contributed by atoms with Gasteiger partial charge in [0.25, 0.3) is 0 Å². The van der Waals surface area contributed by atoms with Crippen LogP contribution in [-0.2, 0) is 6.54 Å². The van der Waals surface area contributed by atoms with Crippen molar-refractivity contribution in [1.29, 1.82) is 0 Å². The fraction of sp³-hybridized carbons (Fsp3) is 0.241. The minimum absolute atomic E-state index is 0.243. The quantitative estimate of drug-likeness (QED) is 0.418. The number of benzene rings is 2. The van der Waals surface area contributed by atoms with Crippen molar-refractivity contribution in [3.05, 3.63) is 82.3 Å². The van der Waals surface area contributed by atoms with E-state index in [9.17, 15) is 9.90 Å². The highest BCUT2D eigenvalue weighted by molar-refractivity contribution is 6.06. The first kappa shape index (κ1) is 22.4. The van der Waals surface area contributed by atoms with Crippen molar-refractivity contribution in [1.82, 2.24) is 14.5 Å². The second-order valence-corrected chi connectivity index (χ2v) is 9.31. The highest BCUT2D eigenvalue weighted by atomic mass is 16.7. The summed E-state index contributed by atoms with van der Waals surface area (Å²) in [6.07, 6.45) is 2.17. The summed E-state index contributed by atoms with van der Waals surface area (Å²) in [5.41, 5.74) is 7.92. The van der Waals surface area contributed by atoms with Crippen LogP contribution in [0.4, 0.5) is 0 Å². The molecule has 182 valence electrons. The summed E-state index contributed by atoms with van der Waals surface area (Å²) >= 11 is 0. The van der Waals surface area contributed by atoms with Crippen molar-refractivity contribution in [3.8, 4) is 17.2 Å². The van der Waals surface area contributed by atoms with Crippen molar-refractivity contribution < 1.29 is 19.4 Å². The van der Waals surface area contributed by atoms with Gasteiger partial charge in [0.2, 0.25) is 6.79 Å². The Hall–Kier alpha value is -4.10. The molecule has 2 aromatic heterocycles. The van der Waals surface area contributed by atoms with E-state index in [1.807, 2.05) is 42.5 Å². The molecule has 1 N–H and O–H groups in total. The van der Waals surface area contributed by atoms with Crippen LogP contribution in [0.15, 0.2) is 48.5 Å². The lowest BCUT2D eigenvalue weighted by atomic mass is 9.92. The third kappa shape index (κ3) is 3.55. The van der Waals surface area contributed by atoms with Crippen LogP contribution in [-0.4, -0.2) is 45.4 Å². The maximum absolute atomic E-state index is 12.4. The first-order chi connectivity index (χ1) is 17.4. The van der Waals surface area contributed by atoms with Crippen molar-refractivity contribution in [3.63, 3.8) is 0 Å². The Morgan fingerprint density at radius 1 is 1.08 bits per heavy atom. The van der Waals surface area contributed by atoms with E-state index in [2.05, 4.69) is 42.4 Å². The molecule has 2 aliphatic heterocycles. The topological polar surface area (TPSA) is 76.8 Å². The summed E-state index contributed by atoms with van der Waals surface area (Å²) in [7, 11) is 0. The van der Waals surface area contributed by atoms with E-state index in [1.54, 1.807) is 0 Å². The third-order valence-corrected chi connectivity index (χ3v) is 7.15. The Balaban J connectivity index is 1.51. The Labute approximate surface area is 209 Å². The molecule has 36 heavy (non-hydrogen) atoms. The van der Waals surface area contributed by atoms with E-state index in [0.717, 1.165) is 57.5 Å². The molecule has 4 heterocycles. The van der Waals surface area contributed by atoms with Crippen LogP contribution < -0.4 is 9.47 Å². The molecule has 4 aromatic rings. The van der Waals surface area contributed by atoms with Gasteiger partial charge in [-0.2, -0.15) is 0 Å². The molecule has 2 aromatic carbocycles. The van der Waals surface area contributed by atoms with Crippen molar-refractivity contribution >= 4 is 28.5 Å². The van der Waals surface area contributed by atoms with Gasteiger partial charge in [-0.1, -0.05) is 25.1 Å². The molecular weight excluding hydrogens is 454 g/mol. The molecule has 0 spiro atoms. The average molecular weight is 482 g/mol. The number of para-hydroxylation sites is 1. The predicted molar refractivity (Wildman–Crippen MR) is 139 cm³/mol. The number of ether oxygens (including phenoxy) is 2. The summed E-state index contributed by atoms with van der Waals surface area (Å²) in [5.74, 6) is 0.592. The smallest absolute Gasteiger partial charge is 0.336 e. The number of hydrogen-bond acceptors (Lipinski definition) is 5. The Morgan fingerprint density at radius 3 is 2.69 bits per heavy atom. The van der Waals surface area contributed by atoms with Gasteiger partial charge in [-0.15, -0.1) is 0 Å². The highest BCUT2D eigenvalue weighted by Gasteiger charge is 2.28. The van der Waals surface area contributed by atoms with E-state index in [-0.39, 0.29) is 6.79 Å². The normalized spacial score (nSPS) is 16.0. The third-order valence-electron chi connectivity index (χ3n) is 7.15. The molecular formula is C29H27N3O4. The van der Waals surface area contributed by atoms with Crippen LogP contribution in [0.25, 0.3) is 28.2 Å². The number of pyridine rings is 1. The van der Waals surface area contributed by atoms with Crippen LogP contribution in [0, 0.1) is 13.8 Å². The van der Waals surface area contributed by atoms with E-state index < -0.39 is 5.97 Å². The van der Waals surface area contributed by atoms with Gasteiger partial charge >= 0.3 is 5.97 Å². The lowest BCUT2D eigenvalue weighted by Crippen LogP contribution is -2.31. The molecule has 0 fully saturated rings.